The summed E-state index contributed by atoms with van der Waals surface area (Å²) in [4.78, 5) is 28.2. The Labute approximate surface area is 124 Å². The van der Waals surface area contributed by atoms with E-state index in [4.69, 9.17) is 4.42 Å². The Morgan fingerprint density at radius 1 is 1.32 bits per heavy atom. The highest BCUT2D eigenvalue weighted by Crippen LogP contribution is 2.16. The van der Waals surface area contributed by atoms with Crippen LogP contribution in [0.15, 0.2) is 51.8 Å². The average Bonchev–Trinajstić information content (AvgIpc) is 2.84. The fourth-order valence-corrected chi connectivity index (χ4v) is 2.11. The number of benzene rings is 1. The van der Waals surface area contributed by atoms with E-state index in [2.05, 4.69) is 10.3 Å². The minimum Gasteiger partial charge on any atom is -0.406 e. The van der Waals surface area contributed by atoms with Gasteiger partial charge in [0.15, 0.2) is 11.2 Å². The molecule has 22 heavy (non-hydrogen) atoms. The van der Waals surface area contributed by atoms with Gasteiger partial charge < -0.3 is 9.73 Å². The topological polar surface area (TPSA) is 77.1 Å². The first-order valence-electron chi connectivity index (χ1n) is 6.59. The Hall–Kier alpha value is -2.96. The lowest BCUT2D eigenvalue weighted by atomic mass is 10.2. The molecule has 6 nitrogen and oxygen atoms in total. The second-order valence-corrected chi connectivity index (χ2v) is 4.74. The van der Waals surface area contributed by atoms with Gasteiger partial charge in [0.25, 0.3) is 0 Å². The molecule has 112 valence electrons. The van der Waals surface area contributed by atoms with E-state index >= 15 is 0 Å². The van der Waals surface area contributed by atoms with Crippen molar-refractivity contribution in [2.45, 2.75) is 13.0 Å². The van der Waals surface area contributed by atoms with E-state index in [0.717, 1.165) is 0 Å². The number of rotatable bonds is 3. The highest BCUT2D eigenvalue weighted by Gasteiger charge is 2.22. The van der Waals surface area contributed by atoms with Crippen molar-refractivity contribution >= 4 is 22.8 Å². The summed E-state index contributed by atoms with van der Waals surface area (Å²) in [6, 6.07) is 7.77. The zero-order chi connectivity index (χ0) is 15.7. The molecule has 7 heteroatoms. The number of carbonyl (C=O) groups excluding carboxylic acids is 1. The lowest BCUT2D eigenvalue weighted by Gasteiger charge is -2.12. The summed E-state index contributed by atoms with van der Waals surface area (Å²) in [5.41, 5.74) is 1.05. The molecule has 0 aliphatic carbocycles. The molecule has 0 bridgehead atoms. The van der Waals surface area contributed by atoms with Crippen LogP contribution in [0, 0.1) is 5.82 Å². The lowest BCUT2D eigenvalue weighted by molar-refractivity contribution is -0.118. The number of pyridine rings is 1. The van der Waals surface area contributed by atoms with Crippen LogP contribution in [0.1, 0.15) is 13.0 Å². The van der Waals surface area contributed by atoms with Gasteiger partial charge in [0.05, 0.1) is 0 Å². The van der Waals surface area contributed by atoms with Crippen molar-refractivity contribution in [3.8, 4) is 0 Å². The van der Waals surface area contributed by atoms with Gasteiger partial charge in [0.1, 0.15) is 11.9 Å². The van der Waals surface area contributed by atoms with Crippen molar-refractivity contribution in [3.05, 3.63) is 59.0 Å². The molecule has 1 unspecified atom stereocenters. The fourth-order valence-electron chi connectivity index (χ4n) is 2.11. The molecule has 3 rings (SSSR count). The Morgan fingerprint density at radius 2 is 2.05 bits per heavy atom. The molecular formula is C15H12FN3O3. The number of nitrogens with one attached hydrogen (secondary N) is 1. The second kappa shape index (κ2) is 5.44. The molecular weight excluding hydrogens is 289 g/mol. The molecule has 0 saturated carbocycles. The zero-order valence-electron chi connectivity index (χ0n) is 11.6. The number of nitrogens with zero attached hydrogens (tertiary/aromatic N) is 2. The van der Waals surface area contributed by atoms with Crippen molar-refractivity contribution in [3.63, 3.8) is 0 Å². The standard InChI is InChI=1S/C15H12FN3O3/c1-9(14(20)18-11-6-4-10(16)5-7-11)19-13-12(22-15(19)21)3-2-8-17-13/h2-9H,1H3,(H,18,20). The number of aromatic nitrogens is 2. The first kappa shape index (κ1) is 14.0. The lowest BCUT2D eigenvalue weighted by Crippen LogP contribution is -2.29. The third kappa shape index (κ3) is 2.48. The third-order valence-electron chi connectivity index (χ3n) is 3.25. The van der Waals surface area contributed by atoms with Gasteiger partial charge in [-0.05, 0) is 43.3 Å². The maximum absolute atomic E-state index is 12.9. The minimum absolute atomic E-state index is 0.300. The first-order chi connectivity index (χ1) is 10.6. The average molecular weight is 301 g/mol. The van der Waals surface area contributed by atoms with Crippen LogP contribution in [0.4, 0.5) is 10.1 Å². The zero-order valence-corrected chi connectivity index (χ0v) is 11.6. The smallest absolute Gasteiger partial charge is 0.406 e. The monoisotopic (exact) mass is 301 g/mol. The molecule has 2 heterocycles. The van der Waals surface area contributed by atoms with E-state index in [-0.39, 0.29) is 0 Å². The van der Waals surface area contributed by atoms with Crippen molar-refractivity contribution in [2.75, 3.05) is 5.32 Å². The maximum atomic E-state index is 12.9. The molecule has 0 fully saturated rings. The van der Waals surface area contributed by atoms with Crippen molar-refractivity contribution in [1.29, 1.82) is 0 Å². The van der Waals surface area contributed by atoms with Crippen LogP contribution in [0.25, 0.3) is 11.2 Å². The molecule has 1 atom stereocenters. The summed E-state index contributed by atoms with van der Waals surface area (Å²) >= 11 is 0. The largest absolute Gasteiger partial charge is 0.421 e. The van der Waals surface area contributed by atoms with Crippen LogP contribution >= 0.6 is 0 Å². The summed E-state index contributed by atoms with van der Waals surface area (Å²) < 4.78 is 19.1. The van der Waals surface area contributed by atoms with E-state index < -0.39 is 23.5 Å². The molecule has 0 radical (unpaired) electrons. The van der Waals surface area contributed by atoms with E-state index in [0.29, 0.717) is 16.9 Å². The number of carbonyl (C=O) groups is 1. The van der Waals surface area contributed by atoms with Crippen LogP contribution in [0.3, 0.4) is 0 Å². The molecule has 0 aliphatic rings. The van der Waals surface area contributed by atoms with Crippen molar-refractivity contribution < 1.29 is 13.6 Å². The van der Waals surface area contributed by atoms with Gasteiger partial charge >= 0.3 is 5.76 Å². The number of hydrogen-bond donors (Lipinski definition) is 1. The second-order valence-electron chi connectivity index (χ2n) is 4.74. The van der Waals surface area contributed by atoms with E-state index in [1.807, 2.05) is 0 Å². The van der Waals surface area contributed by atoms with Crippen LogP contribution in [0.5, 0.6) is 0 Å². The van der Waals surface area contributed by atoms with E-state index in [1.54, 1.807) is 19.1 Å². The molecule has 3 aromatic rings. The molecule has 0 aliphatic heterocycles. The molecule has 0 saturated heterocycles. The molecule has 1 amide bonds. The van der Waals surface area contributed by atoms with E-state index in [9.17, 15) is 14.0 Å². The van der Waals surface area contributed by atoms with Gasteiger partial charge in [0.2, 0.25) is 5.91 Å². The molecule has 1 N–H and O–H groups in total. The van der Waals surface area contributed by atoms with Gasteiger partial charge in [-0.15, -0.1) is 0 Å². The Morgan fingerprint density at radius 3 is 2.77 bits per heavy atom. The SMILES string of the molecule is CC(C(=O)Nc1ccc(F)cc1)n1c(=O)oc2cccnc21. The number of anilines is 1. The summed E-state index contributed by atoms with van der Waals surface area (Å²) in [7, 11) is 0. The molecule has 1 aromatic carbocycles. The highest BCUT2D eigenvalue weighted by atomic mass is 19.1. The first-order valence-corrected chi connectivity index (χ1v) is 6.59. The van der Waals surface area contributed by atoms with Crippen LogP contribution in [0.2, 0.25) is 0 Å². The Bertz CT molecular complexity index is 883. The summed E-state index contributed by atoms with van der Waals surface area (Å²) in [6.45, 7) is 1.56. The van der Waals surface area contributed by atoms with Gasteiger partial charge in [-0.1, -0.05) is 0 Å². The predicted octanol–water partition coefficient (Wildman–Crippen LogP) is 2.33. The molecule has 2 aromatic heterocycles. The maximum Gasteiger partial charge on any atom is 0.421 e. The van der Waals surface area contributed by atoms with Crippen molar-refractivity contribution in [2.24, 2.45) is 0 Å². The van der Waals surface area contributed by atoms with Gasteiger partial charge in [-0.25, -0.2) is 18.7 Å². The molecule has 0 spiro atoms. The van der Waals surface area contributed by atoms with Gasteiger partial charge in [-0.3, -0.25) is 4.79 Å². The van der Waals surface area contributed by atoms with Crippen molar-refractivity contribution in [1.82, 2.24) is 9.55 Å². The number of fused-ring (bicyclic) bond motifs is 1. The summed E-state index contributed by atoms with van der Waals surface area (Å²) in [6.07, 6.45) is 1.51. The van der Waals surface area contributed by atoms with Crippen LogP contribution in [-0.2, 0) is 4.79 Å². The van der Waals surface area contributed by atoms with Gasteiger partial charge in [0, 0.05) is 11.9 Å². The number of amides is 1. The Kier molecular flexibility index (Phi) is 3.46. The summed E-state index contributed by atoms with van der Waals surface area (Å²) in [5, 5.41) is 2.61. The highest BCUT2D eigenvalue weighted by molar-refractivity contribution is 5.94. The van der Waals surface area contributed by atoms with Crippen LogP contribution < -0.4 is 11.1 Å². The van der Waals surface area contributed by atoms with Crippen LogP contribution in [-0.4, -0.2) is 15.5 Å². The normalized spacial score (nSPS) is 12.3. The Balaban J connectivity index is 1.90. The summed E-state index contributed by atoms with van der Waals surface area (Å²) in [5.74, 6) is -1.48. The quantitative estimate of drug-likeness (QED) is 0.805. The predicted molar refractivity (Wildman–Crippen MR) is 78.0 cm³/mol. The fraction of sp³-hybridized carbons (Fsp3) is 0.133. The minimum atomic E-state index is -0.825. The number of hydrogen-bond acceptors (Lipinski definition) is 4. The van der Waals surface area contributed by atoms with Gasteiger partial charge in [-0.2, -0.15) is 0 Å². The number of halogens is 1. The van der Waals surface area contributed by atoms with E-state index in [1.165, 1.54) is 35.0 Å². The number of oxazole rings is 1. The third-order valence-corrected chi connectivity index (χ3v) is 3.25.